The number of hydrogen-bond acceptors (Lipinski definition) is 1. The fourth-order valence-corrected chi connectivity index (χ4v) is 3.45. The molecule has 24 heavy (non-hydrogen) atoms. The summed E-state index contributed by atoms with van der Waals surface area (Å²) >= 11 is 0. The van der Waals surface area contributed by atoms with Crippen LogP contribution in [0, 0.1) is 0 Å². The lowest BCUT2D eigenvalue weighted by Gasteiger charge is -2.23. The Morgan fingerprint density at radius 3 is 2.21 bits per heavy atom. The number of para-hydroxylation sites is 1. The Hall–Kier alpha value is -2.87. The summed E-state index contributed by atoms with van der Waals surface area (Å²) in [6.45, 7) is 2.11. The van der Waals surface area contributed by atoms with E-state index in [1.165, 1.54) is 5.56 Å². The average molecular weight is 313 g/mol. The SMILES string of the molecule is C[C@H]1Cc2ccccc2N1C(=O)c1ccc(-c2ccccc2)cc1. The number of carbonyl (C=O) groups is 1. The highest BCUT2D eigenvalue weighted by Crippen LogP contribution is 2.33. The molecule has 1 aliphatic heterocycles. The molecule has 2 heteroatoms. The van der Waals surface area contributed by atoms with Crippen LogP contribution in [0.3, 0.4) is 0 Å². The number of benzene rings is 3. The predicted octanol–water partition coefficient (Wildman–Crippen LogP) is 4.95. The van der Waals surface area contributed by atoms with Gasteiger partial charge in [0, 0.05) is 17.3 Å². The van der Waals surface area contributed by atoms with Gasteiger partial charge in [0.1, 0.15) is 0 Å². The molecule has 1 atom stereocenters. The van der Waals surface area contributed by atoms with Crippen molar-refractivity contribution in [3.8, 4) is 11.1 Å². The van der Waals surface area contributed by atoms with Gasteiger partial charge >= 0.3 is 0 Å². The maximum absolute atomic E-state index is 13.0. The molecule has 0 aliphatic carbocycles. The molecule has 4 rings (SSSR count). The van der Waals surface area contributed by atoms with Crippen molar-refractivity contribution in [3.05, 3.63) is 90.0 Å². The standard InChI is InChI=1S/C22H19NO/c1-16-15-20-9-5-6-10-21(20)23(16)22(24)19-13-11-18(12-14-19)17-7-3-2-4-8-17/h2-14,16H,15H2,1H3/t16-/m0/s1. The van der Waals surface area contributed by atoms with Crippen LogP contribution < -0.4 is 4.90 Å². The van der Waals surface area contributed by atoms with Gasteiger partial charge in [-0.05, 0) is 48.2 Å². The largest absolute Gasteiger partial charge is 0.305 e. The summed E-state index contributed by atoms with van der Waals surface area (Å²) in [7, 11) is 0. The molecule has 0 saturated carbocycles. The Labute approximate surface area is 142 Å². The second-order valence-corrected chi connectivity index (χ2v) is 6.30. The maximum Gasteiger partial charge on any atom is 0.258 e. The number of fused-ring (bicyclic) bond motifs is 1. The van der Waals surface area contributed by atoms with E-state index in [0.29, 0.717) is 0 Å². The number of rotatable bonds is 2. The van der Waals surface area contributed by atoms with Crippen molar-refractivity contribution in [1.82, 2.24) is 0 Å². The van der Waals surface area contributed by atoms with Crippen LogP contribution in [0.25, 0.3) is 11.1 Å². The summed E-state index contributed by atoms with van der Waals surface area (Å²) < 4.78 is 0. The van der Waals surface area contributed by atoms with Crippen molar-refractivity contribution in [2.45, 2.75) is 19.4 Å². The fourth-order valence-electron chi connectivity index (χ4n) is 3.45. The molecule has 118 valence electrons. The normalized spacial score (nSPS) is 16.0. The number of hydrogen-bond donors (Lipinski definition) is 0. The molecule has 0 fully saturated rings. The zero-order valence-corrected chi connectivity index (χ0v) is 13.6. The van der Waals surface area contributed by atoms with Crippen LogP contribution in [0.1, 0.15) is 22.8 Å². The third kappa shape index (κ3) is 2.50. The summed E-state index contributed by atoms with van der Waals surface area (Å²) in [5.74, 6) is 0.0760. The molecule has 1 amide bonds. The van der Waals surface area contributed by atoms with E-state index in [9.17, 15) is 4.79 Å². The highest BCUT2D eigenvalue weighted by atomic mass is 16.2. The van der Waals surface area contributed by atoms with Gasteiger partial charge in [-0.25, -0.2) is 0 Å². The molecule has 2 nitrogen and oxygen atoms in total. The first-order valence-electron chi connectivity index (χ1n) is 8.31. The minimum absolute atomic E-state index is 0.0760. The maximum atomic E-state index is 13.0. The van der Waals surface area contributed by atoms with E-state index in [4.69, 9.17) is 0 Å². The molecule has 0 unspecified atom stereocenters. The van der Waals surface area contributed by atoms with Crippen LogP contribution in [0.15, 0.2) is 78.9 Å². The Morgan fingerprint density at radius 1 is 0.833 bits per heavy atom. The lowest BCUT2D eigenvalue weighted by Crippen LogP contribution is -2.35. The lowest BCUT2D eigenvalue weighted by atomic mass is 10.0. The van der Waals surface area contributed by atoms with Crippen LogP contribution in [0.4, 0.5) is 5.69 Å². The average Bonchev–Trinajstić information content (AvgIpc) is 2.98. The van der Waals surface area contributed by atoms with Gasteiger partial charge in [-0.2, -0.15) is 0 Å². The van der Waals surface area contributed by atoms with Gasteiger partial charge in [0.25, 0.3) is 5.91 Å². The quantitative estimate of drug-likeness (QED) is 0.656. The van der Waals surface area contributed by atoms with Gasteiger partial charge in [0.05, 0.1) is 0 Å². The number of amides is 1. The van der Waals surface area contributed by atoms with Crippen molar-refractivity contribution in [1.29, 1.82) is 0 Å². The number of carbonyl (C=O) groups excluding carboxylic acids is 1. The van der Waals surface area contributed by atoms with Gasteiger partial charge in [-0.1, -0.05) is 60.7 Å². The third-order valence-corrected chi connectivity index (χ3v) is 4.67. The molecule has 0 N–H and O–H groups in total. The van der Waals surface area contributed by atoms with E-state index in [0.717, 1.165) is 28.8 Å². The van der Waals surface area contributed by atoms with Crippen LogP contribution in [-0.4, -0.2) is 11.9 Å². The molecule has 1 heterocycles. The zero-order valence-electron chi connectivity index (χ0n) is 13.6. The van der Waals surface area contributed by atoms with Crippen molar-refractivity contribution in [3.63, 3.8) is 0 Å². The molecular formula is C22H19NO. The van der Waals surface area contributed by atoms with Crippen molar-refractivity contribution < 1.29 is 4.79 Å². The smallest absolute Gasteiger partial charge is 0.258 e. The van der Waals surface area contributed by atoms with E-state index < -0.39 is 0 Å². The molecule has 3 aromatic rings. The summed E-state index contributed by atoms with van der Waals surface area (Å²) in [5.41, 5.74) is 5.32. The molecular weight excluding hydrogens is 294 g/mol. The Balaban J connectivity index is 1.64. The Bertz CT molecular complexity index is 868. The Morgan fingerprint density at radius 2 is 1.46 bits per heavy atom. The summed E-state index contributed by atoms with van der Waals surface area (Å²) in [6, 6.07) is 26.5. The number of nitrogens with zero attached hydrogens (tertiary/aromatic N) is 1. The van der Waals surface area contributed by atoms with Gasteiger partial charge < -0.3 is 4.90 Å². The molecule has 0 bridgehead atoms. The van der Waals surface area contributed by atoms with Gasteiger partial charge in [0.15, 0.2) is 0 Å². The predicted molar refractivity (Wildman–Crippen MR) is 98.3 cm³/mol. The first-order chi connectivity index (χ1) is 11.7. The summed E-state index contributed by atoms with van der Waals surface area (Å²) in [5, 5.41) is 0. The molecule has 3 aromatic carbocycles. The van der Waals surface area contributed by atoms with Crippen LogP contribution in [0.5, 0.6) is 0 Å². The molecule has 0 spiro atoms. The Kier molecular flexibility index (Phi) is 3.66. The topological polar surface area (TPSA) is 20.3 Å². The monoisotopic (exact) mass is 313 g/mol. The first-order valence-corrected chi connectivity index (χ1v) is 8.31. The van der Waals surface area contributed by atoms with Crippen LogP contribution >= 0.6 is 0 Å². The third-order valence-electron chi connectivity index (χ3n) is 4.67. The highest BCUT2D eigenvalue weighted by Gasteiger charge is 2.31. The van der Waals surface area contributed by atoms with E-state index in [2.05, 4.69) is 25.1 Å². The minimum Gasteiger partial charge on any atom is -0.305 e. The van der Waals surface area contributed by atoms with Gasteiger partial charge in [-0.15, -0.1) is 0 Å². The first kappa shape index (κ1) is 14.7. The van der Waals surface area contributed by atoms with Crippen LogP contribution in [0.2, 0.25) is 0 Å². The molecule has 0 radical (unpaired) electrons. The summed E-state index contributed by atoms with van der Waals surface area (Å²) in [4.78, 5) is 14.9. The van der Waals surface area contributed by atoms with E-state index in [1.54, 1.807) is 0 Å². The van der Waals surface area contributed by atoms with Crippen molar-refractivity contribution in [2.24, 2.45) is 0 Å². The zero-order chi connectivity index (χ0) is 16.5. The molecule has 0 aromatic heterocycles. The van der Waals surface area contributed by atoms with Crippen LogP contribution in [-0.2, 0) is 6.42 Å². The second kappa shape index (κ2) is 5.97. The van der Waals surface area contributed by atoms with Crippen molar-refractivity contribution in [2.75, 3.05) is 4.90 Å². The lowest BCUT2D eigenvalue weighted by molar-refractivity contribution is 0.0981. The van der Waals surface area contributed by atoms with E-state index in [-0.39, 0.29) is 11.9 Å². The van der Waals surface area contributed by atoms with E-state index in [1.807, 2.05) is 65.6 Å². The van der Waals surface area contributed by atoms with Gasteiger partial charge in [0.2, 0.25) is 0 Å². The second-order valence-electron chi connectivity index (χ2n) is 6.30. The number of anilines is 1. The molecule has 1 aliphatic rings. The highest BCUT2D eigenvalue weighted by molar-refractivity contribution is 6.08. The fraction of sp³-hybridized carbons (Fsp3) is 0.136. The minimum atomic E-state index is 0.0760. The van der Waals surface area contributed by atoms with Gasteiger partial charge in [-0.3, -0.25) is 4.79 Å². The molecule has 0 saturated heterocycles. The van der Waals surface area contributed by atoms with E-state index >= 15 is 0 Å². The van der Waals surface area contributed by atoms with Crippen molar-refractivity contribution >= 4 is 11.6 Å². The summed E-state index contributed by atoms with van der Waals surface area (Å²) in [6.07, 6.45) is 0.921.